The van der Waals surface area contributed by atoms with Gasteiger partial charge in [-0.25, -0.2) is 9.59 Å². The Kier molecular flexibility index (Phi) is 3.78. The molecule has 0 unspecified atom stereocenters. The van der Waals surface area contributed by atoms with Crippen molar-refractivity contribution in [3.63, 3.8) is 0 Å². The summed E-state index contributed by atoms with van der Waals surface area (Å²) in [4.78, 5) is 35.9. The van der Waals surface area contributed by atoms with E-state index in [1.165, 1.54) is 13.8 Å². The number of hydrogen-bond donors (Lipinski definition) is 2. The van der Waals surface area contributed by atoms with Crippen LogP contribution in [0.15, 0.2) is 0 Å². The molecule has 0 radical (unpaired) electrons. The molecule has 0 aromatic heterocycles. The second-order valence-electron chi connectivity index (χ2n) is 6.69. The van der Waals surface area contributed by atoms with Crippen LogP contribution < -0.4 is 0 Å². The number of carboxylic acids is 2. The molecule has 1 aliphatic heterocycles. The third kappa shape index (κ3) is 2.86. The average molecular weight is 287 g/mol. The second kappa shape index (κ2) is 4.64. The molecule has 7 heteroatoms. The van der Waals surface area contributed by atoms with Crippen LogP contribution in [0, 0.1) is 5.41 Å². The lowest BCUT2D eigenvalue weighted by molar-refractivity contribution is -0.149. The van der Waals surface area contributed by atoms with Gasteiger partial charge in [0.1, 0.15) is 11.1 Å². The van der Waals surface area contributed by atoms with Crippen molar-refractivity contribution in [3.8, 4) is 0 Å². The van der Waals surface area contributed by atoms with Crippen molar-refractivity contribution < 1.29 is 29.3 Å². The second-order valence-corrected chi connectivity index (χ2v) is 6.69. The number of ether oxygens (including phenoxy) is 1. The van der Waals surface area contributed by atoms with Gasteiger partial charge in [0.2, 0.25) is 0 Å². The molecule has 1 amide bonds. The van der Waals surface area contributed by atoms with Gasteiger partial charge in [0.25, 0.3) is 0 Å². The third-order valence-corrected chi connectivity index (χ3v) is 3.43. The number of carboxylic acid groups (broad SMARTS) is 2. The van der Waals surface area contributed by atoms with E-state index in [4.69, 9.17) is 4.74 Å². The van der Waals surface area contributed by atoms with Crippen molar-refractivity contribution in [1.29, 1.82) is 0 Å². The lowest BCUT2D eigenvalue weighted by atomic mass is 9.83. The number of rotatable bonds is 2. The van der Waals surface area contributed by atoms with Crippen molar-refractivity contribution in [1.82, 2.24) is 4.90 Å². The summed E-state index contributed by atoms with van der Waals surface area (Å²) in [5.74, 6) is -2.37. The van der Waals surface area contributed by atoms with Gasteiger partial charge in [-0.2, -0.15) is 0 Å². The van der Waals surface area contributed by atoms with Crippen molar-refractivity contribution in [2.75, 3.05) is 6.54 Å². The Hall–Kier alpha value is -1.79. The first kappa shape index (κ1) is 16.3. The Balaban J connectivity index is 3.12. The molecule has 2 N–H and O–H groups in total. The van der Waals surface area contributed by atoms with E-state index in [1.54, 1.807) is 20.8 Å². The van der Waals surface area contributed by atoms with Crippen molar-refractivity contribution >= 4 is 18.0 Å². The Morgan fingerprint density at radius 1 is 1.10 bits per heavy atom. The smallest absolute Gasteiger partial charge is 0.411 e. The van der Waals surface area contributed by atoms with Crippen LogP contribution >= 0.6 is 0 Å². The first-order valence-electron chi connectivity index (χ1n) is 6.29. The molecule has 7 nitrogen and oxygen atoms in total. The highest BCUT2D eigenvalue weighted by Gasteiger charge is 2.59. The maximum absolute atomic E-state index is 12.1. The minimum atomic E-state index is -1.59. The van der Waals surface area contributed by atoms with E-state index < -0.39 is 34.6 Å². The number of carbonyl (C=O) groups is 3. The zero-order valence-electron chi connectivity index (χ0n) is 12.4. The Morgan fingerprint density at radius 2 is 1.60 bits per heavy atom. The van der Waals surface area contributed by atoms with Crippen LogP contribution in [-0.4, -0.2) is 50.8 Å². The molecule has 2 atom stereocenters. The molecule has 1 fully saturated rings. The standard InChI is InChI=1S/C13H21NO6/c1-11(2,3)20-10(19)14-7-12(4,8(15)16)6-13(14,5)9(17)18/h6-7H2,1-5H3,(H,15,16)(H,17,18)/t12-,13-/m0/s1. The minimum Gasteiger partial charge on any atom is -0.481 e. The number of aliphatic carboxylic acids is 2. The van der Waals surface area contributed by atoms with Crippen molar-refractivity contribution in [2.24, 2.45) is 5.41 Å². The molecule has 20 heavy (non-hydrogen) atoms. The SMILES string of the molecule is CC(C)(C)OC(=O)N1C[C@@](C)(C(=O)O)C[C@@]1(C)C(=O)O. The summed E-state index contributed by atoms with van der Waals surface area (Å²) >= 11 is 0. The monoisotopic (exact) mass is 287 g/mol. The van der Waals surface area contributed by atoms with Crippen molar-refractivity contribution in [3.05, 3.63) is 0 Å². The summed E-state index contributed by atoms with van der Waals surface area (Å²) in [5, 5.41) is 18.6. The fraction of sp³-hybridized carbons (Fsp3) is 0.769. The molecule has 1 saturated heterocycles. The molecule has 0 bridgehead atoms. The predicted molar refractivity (Wildman–Crippen MR) is 69.3 cm³/mol. The predicted octanol–water partition coefficient (Wildman–Crippen LogP) is 1.56. The number of carbonyl (C=O) groups excluding carboxylic acids is 1. The van der Waals surface area contributed by atoms with Gasteiger partial charge in [-0.15, -0.1) is 0 Å². The maximum atomic E-state index is 12.1. The summed E-state index contributed by atoms with van der Waals surface area (Å²) in [6.45, 7) is 7.56. The molecule has 1 heterocycles. The molecule has 1 aliphatic rings. The lowest BCUT2D eigenvalue weighted by Gasteiger charge is -2.32. The molecule has 0 aliphatic carbocycles. The summed E-state index contributed by atoms with van der Waals surface area (Å²) < 4.78 is 5.17. The van der Waals surface area contributed by atoms with Crippen LogP contribution in [0.25, 0.3) is 0 Å². The van der Waals surface area contributed by atoms with E-state index >= 15 is 0 Å². The van der Waals surface area contributed by atoms with Gasteiger partial charge in [-0.3, -0.25) is 9.69 Å². The fourth-order valence-corrected chi connectivity index (χ4v) is 2.35. The molecule has 0 spiro atoms. The van der Waals surface area contributed by atoms with Crippen LogP contribution in [0.3, 0.4) is 0 Å². The minimum absolute atomic E-state index is 0.163. The van der Waals surface area contributed by atoms with Crippen LogP contribution in [0.2, 0.25) is 0 Å². The number of amides is 1. The summed E-state index contributed by atoms with van der Waals surface area (Å²) in [7, 11) is 0. The first-order chi connectivity index (χ1) is 8.82. The quantitative estimate of drug-likeness (QED) is 0.798. The highest BCUT2D eigenvalue weighted by molar-refractivity contribution is 5.88. The van der Waals surface area contributed by atoms with E-state index in [9.17, 15) is 24.6 Å². The Morgan fingerprint density at radius 3 is 1.95 bits per heavy atom. The topological polar surface area (TPSA) is 104 Å². The van der Waals surface area contributed by atoms with Crippen LogP contribution in [0.1, 0.15) is 41.0 Å². The Bertz CT molecular complexity index is 454. The summed E-state index contributed by atoms with van der Waals surface area (Å²) in [6, 6.07) is 0. The third-order valence-electron chi connectivity index (χ3n) is 3.43. The van der Waals surface area contributed by atoms with E-state index in [2.05, 4.69) is 0 Å². The van der Waals surface area contributed by atoms with E-state index in [-0.39, 0.29) is 13.0 Å². The fourth-order valence-electron chi connectivity index (χ4n) is 2.35. The maximum Gasteiger partial charge on any atom is 0.411 e. The zero-order chi connectivity index (χ0) is 15.9. The van der Waals surface area contributed by atoms with Crippen LogP contribution in [-0.2, 0) is 14.3 Å². The number of likely N-dealkylation sites (tertiary alicyclic amines) is 1. The van der Waals surface area contributed by atoms with Crippen LogP contribution in [0.5, 0.6) is 0 Å². The first-order valence-corrected chi connectivity index (χ1v) is 6.29. The molecular formula is C13H21NO6. The lowest BCUT2D eigenvalue weighted by Crippen LogP contribution is -2.52. The molecule has 0 aromatic rings. The summed E-state index contributed by atoms with van der Waals surface area (Å²) in [6.07, 6.45) is -0.975. The number of hydrogen-bond acceptors (Lipinski definition) is 4. The molecule has 0 saturated carbocycles. The average Bonchev–Trinajstić information content (AvgIpc) is 2.51. The Labute approximate surface area is 117 Å². The van der Waals surface area contributed by atoms with Gasteiger partial charge in [0.15, 0.2) is 0 Å². The van der Waals surface area contributed by atoms with E-state index in [0.717, 1.165) is 4.90 Å². The largest absolute Gasteiger partial charge is 0.481 e. The van der Waals surface area contributed by atoms with Gasteiger partial charge >= 0.3 is 18.0 Å². The zero-order valence-corrected chi connectivity index (χ0v) is 12.4. The van der Waals surface area contributed by atoms with Crippen molar-refractivity contribution in [2.45, 2.75) is 52.2 Å². The number of nitrogens with zero attached hydrogens (tertiary/aromatic N) is 1. The van der Waals surface area contributed by atoms with Gasteiger partial charge in [-0.1, -0.05) is 0 Å². The van der Waals surface area contributed by atoms with Gasteiger partial charge < -0.3 is 14.9 Å². The van der Waals surface area contributed by atoms with Gasteiger partial charge in [-0.05, 0) is 41.0 Å². The molecule has 0 aromatic carbocycles. The summed E-state index contributed by atoms with van der Waals surface area (Å²) in [5.41, 5.74) is -3.67. The molecular weight excluding hydrogens is 266 g/mol. The van der Waals surface area contributed by atoms with E-state index in [1.807, 2.05) is 0 Å². The molecule has 1 rings (SSSR count). The normalized spacial score (nSPS) is 30.1. The van der Waals surface area contributed by atoms with Gasteiger partial charge in [0.05, 0.1) is 5.41 Å². The van der Waals surface area contributed by atoms with Crippen LogP contribution in [0.4, 0.5) is 4.79 Å². The van der Waals surface area contributed by atoms with E-state index in [0.29, 0.717) is 0 Å². The van der Waals surface area contributed by atoms with Gasteiger partial charge in [0, 0.05) is 6.54 Å². The highest BCUT2D eigenvalue weighted by Crippen LogP contribution is 2.42. The highest BCUT2D eigenvalue weighted by atomic mass is 16.6. The molecule has 114 valence electrons.